The number of rotatable bonds is 5. The number of pyridine rings is 2. The van der Waals surface area contributed by atoms with Gasteiger partial charge < -0.3 is 10.3 Å². The SMILES string of the molecule is Cc1ncnc2[nH]cc(Cc3ccc(NCc4cnccc4C(F)(F)F)nc3F)c12. The largest absolute Gasteiger partial charge is 0.416 e. The number of nitrogens with one attached hydrogen (secondary N) is 2. The van der Waals surface area contributed by atoms with Crippen molar-refractivity contribution < 1.29 is 17.6 Å². The number of anilines is 1. The van der Waals surface area contributed by atoms with Gasteiger partial charge in [0.15, 0.2) is 0 Å². The summed E-state index contributed by atoms with van der Waals surface area (Å²) in [6.45, 7) is 1.66. The molecule has 4 aromatic rings. The zero-order valence-corrected chi connectivity index (χ0v) is 15.8. The van der Waals surface area contributed by atoms with E-state index in [-0.39, 0.29) is 24.3 Å². The maximum atomic E-state index is 14.6. The van der Waals surface area contributed by atoms with Gasteiger partial charge in [-0.2, -0.15) is 17.6 Å². The standard InChI is InChI=1S/C20H16F4N6/c1-11-17-13(8-27-19(17)29-10-28-11)6-12-2-3-16(30-18(12)21)26-9-14-7-25-5-4-15(14)20(22,23)24/h2-5,7-8,10H,6,9H2,1H3,(H,26,30)(H,27,28,29). The van der Waals surface area contributed by atoms with Gasteiger partial charge in [-0.15, -0.1) is 0 Å². The van der Waals surface area contributed by atoms with Gasteiger partial charge >= 0.3 is 6.18 Å². The van der Waals surface area contributed by atoms with Gasteiger partial charge in [-0.1, -0.05) is 6.07 Å². The van der Waals surface area contributed by atoms with Crippen LogP contribution in [0.25, 0.3) is 11.0 Å². The second-order valence-corrected chi connectivity index (χ2v) is 6.70. The van der Waals surface area contributed by atoms with E-state index in [1.807, 2.05) is 6.92 Å². The van der Waals surface area contributed by atoms with E-state index in [1.54, 1.807) is 12.3 Å². The average molecular weight is 416 g/mol. The topological polar surface area (TPSA) is 79.4 Å². The second-order valence-electron chi connectivity index (χ2n) is 6.70. The van der Waals surface area contributed by atoms with Crippen LogP contribution in [0.15, 0.2) is 43.1 Å². The average Bonchev–Trinajstić information content (AvgIpc) is 3.12. The van der Waals surface area contributed by atoms with Gasteiger partial charge in [-0.25, -0.2) is 15.0 Å². The van der Waals surface area contributed by atoms with Crippen LogP contribution >= 0.6 is 0 Å². The Morgan fingerprint density at radius 2 is 1.90 bits per heavy atom. The number of aryl methyl sites for hydroxylation is 1. The molecule has 4 rings (SSSR count). The van der Waals surface area contributed by atoms with Crippen LogP contribution in [-0.2, 0) is 19.1 Å². The lowest BCUT2D eigenvalue weighted by molar-refractivity contribution is -0.138. The first-order chi connectivity index (χ1) is 14.3. The molecule has 0 aliphatic carbocycles. The van der Waals surface area contributed by atoms with Crippen molar-refractivity contribution in [1.82, 2.24) is 24.9 Å². The number of H-pyrrole nitrogens is 1. The van der Waals surface area contributed by atoms with E-state index in [0.717, 1.165) is 35.1 Å². The fraction of sp³-hybridized carbons (Fsp3) is 0.200. The molecule has 0 bridgehead atoms. The molecule has 4 heterocycles. The number of halogens is 4. The zero-order valence-electron chi connectivity index (χ0n) is 15.8. The fourth-order valence-electron chi connectivity index (χ4n) is 3.26. The molecular weight excluding hydrogens is 400 g/mol. The fourth-order valence-corrected chi connectivity index (χ4v) is 3.26. The van der Waals surface area contributed by atoms with E-state index in [4.69, 9.17) is 0 Å². The van der Waals surface area contributed by atoms with Crippen LogP contribution in [0.3, 0.4) is 0 Å². The molecule has 4 aromatic heterocycles. The Hall–Kier alpha value is -3.56. The Morgan fingerprint density at radius 3 is 2.67 bits per heavy atom. The third-order valence-corrected chi connectivity index (χ3v) is 4.72. The molecule has 0 fully saturated rings. The van der Waals surface area contributed by atoms with Crippen molar-refractivity contribution in [3.63, 3.8) is 0 Å². The molecule has 0 radical (unpaired) electrons. The molecule has 154 valence electrons. The van der Waals surface area contributed by atoms with Crippen LogP contribution < -0.4 is 5.32 Å². The first-order valence-corrected chi connectivity index (χ1v) is 9.00. The summed E-state index contributed by atoms with van der Waals surface area (Å²) in [7, 11) is 0. The van der Waals surface area contributed by atoms with Crippen molar-refractivity contribution in [3.05, 3.63) is 77.0 Å². The highest BCUT2D eigenvalue weighted by Crippen LogP contribution is 2.31. The molecule has 0 aliphatic rings. The van der Waals surface area contributed by atoms with Crippen molar-refractivity contribution >= 4 is 16.9 Å². The Bertz CT molecular complexity index is 1200. The highest BCUT2D eigenvalue weighted by molar-refractivity contribution is 5.82. The van der Waals surface area contributed by atoms with Crippen LogP contribution in [-0.4, -0.2) is 24.9 Å². The van der Waals surface area contributed by atoms with Gasteiger partial charge in [-0.05, 0) is 24.6 Å². The Balaban J connectivity index is 1.52. The van der Waals surface area contributed by atoms with Crippen molar-refractivity contribution in [2.75, 3.05) is 5.32 Å². The molecule has 0 aliphatic heterocycles. The number of aromatic amines is 1. The monoisotopic (exact) mass is 416 g/mol. The molecule has 0 saturated carbocycles. The van der Waals surface area contributed by atoms with E-state index in [0.29, 0.717) is 11.2 Å². The normalized spacial score (nSPS) is 11.8. The lowest BCUT2D eigenvalue weighted by Crippen LogP contribution is -2.13. The third kappa shape index (κ3) is 3.93. The predicted molar refractivity (Wildman–Crippen MR) is 102 cm³/mol. The minimum absolute atomic E-state index is 0.0504. The molecule has 6 nitrogen and oxygen atoms in total. The molecule has 30 heavy (non-hydrogen) atoms. The van der Waals surface area contributed by atoms with E-state index in [1.165, 1.54) is 12.4 Å². The molecule has 0 spiro atoms. The molecule has 0 amide bonds. The van der Waals surface area contributed by atoms with Crippen LogP contribution in [0.2, 0.25) is 0 Å². The summed E-state index contributed by atoms with van der Waals surface area (Å²) in [6.07, 6.45) is 1.18. The molecule has 0 saturated heterocycles. The summed E-state index contributed by atoms with van der Waals surface area (Å²) in [5, 5.41) is 3.55. The van der Waals surface area contributed by atoms with Crippen molar-refractivity contribution in [1.29, 1.82) is 0 Å². The lowest BCUT2D eigenvalue weighted by Gasteiger charge is -2.13. The van der Waals surface area contributed by atoms with Gasteiger partial charge in [-0.3, -0.25) is 4.98 Å². The molecule has 0 atom stereocenters. The van der Waals surface area contributed by atoms with Crippen molar-refractivity contribution in [3.8, 4) is 0 Å². The van der Waals surface area contributed by atoms with Crippen LogP contribution in [0.1, 0.15) is 27.9 Å². The van der Waals surface area contributed by atoms with Gasteiger partial charge in [0.1, 0.15) is 17.8 Å². The van der Waals surface area contributed by atoms with Gasteiger partial charge in [0.05, 0.1) is 11.3 Å². The molecule has 2 N–H and O–H groups in total. The van der Waals surface area contributed by atoms with E-state index < -0.39 is 17.7 Å². The summed E-state index contributed by atoms with van der Waals surface area (Å²) in [4.78, 5) is 18.9. The first kappa shape index (κ1) is 19.7. The Labute approximate surface area is 168 Å². The summed E-state index contributed by atoms with van der Waals surface area (Å²) in [5.41, 5.74) is 1.78. The third-order valence-electron chi connectivity index (χ3n) is 4.72. The van der Waals surface area contributed by atoms with Crippen LogP contribution in [0.4, 0.5) is 23.4 Å². The number of hydrogen-bond acceptors (Lipinski definition) is 5. The number of fused-ring (bicyclic) bond motifs is 1. The molecular formula is C20H16F4N6. The quantitative estimate of drug-likeness (QED) is 0.372. The van der Waals surface area contributed by atoms with E-state index in [9.17, 15) is 17.6 Å². The van der Waals surface area contributed by atoms with Crippen molar-refractivity contribution in [2.45, 2.75) is 26.1 Å². The predicted octanol–water partition coefficient (Wildman–Crippen LogP) is 4.42. The Morgan fingerprint density at radius 1 is 1.07 bits per heavy atom. The summed E-state index contributed by atoms with van der Waals surface area (Å²) in [5.74, 6) is -0.572. The van der Waals surface area contributed by atoms with E-state index >= 15 is 0 Å². The second kappa shape index (κ2) is 7.69. The van der Waals surface area contributed by atoms with E-state index in [2.05, 4.69) is 30.2 Å². The summed E-state index contributed by atoms with van der Waals surface area (Å²) in [6, 6.07) is 3.98. The lowest BCUT2D eigenvalue weighted by atomic mass is 10.1. The first-order valence-electron chi connectivity index (χ1n) is 9.00. The number of hydrogen-bond donors (Lipinski definition) is 2. The Kier molecular flexibility index (Phi) is 5.06. The number of aromatic nitrogens is 5. The minimum Gasteiger partial charge on any atom is -0.366 e. The number of nitrogens with zero attached hydrogens (tertiary/aromatic N) is 4. The molecule has 0 unspecified atom stereocenters. The summed E-state index contributed by atoms with van der Waals surface area (Å²) < 4.78 is 53.8. The zero-order chi connectivity index (χ0) is 21.3. The molecule has 0 aromatic carbocycles. The minimum atomic E-state index is -4.50. The van der Waals surface area contributed by atoms with Crippen LogP contribution in [0, 0.1) is 12.9 Å². The van der Waals surface area contributed by atoms with Gasteiger partial charge in [0, 0.05) is 48.1 Å². The smallest absolute Gasteiger partial charge is 0.366 e. The highest BCUT2D eigenvalue weighted by atomic mass is 19.4. The van der Waals surface area contributed by atoms with Crippen LogP contribution in [0.5, 0.6) is 0 Å². The number of alkyl halides is 3. The van der Waals surface area contributed by atoms with Gasteiger partial charge in [0.2, 0.25) is 5.95 Å². The maximum Gasteiger partial charge on any atom is 0.416 e. The molecule has 10 heteroatoms. The maximum absolute atomic E-state index is 14.6. The highest BCUT2D eigenvalue weighted by Gasteiger charge is 2.33. The van der Waals surface area contributed by atoms with Crippen molar-refractivity contribution in [2.24, 2.45) is 0 Å². The van der Waals surface area contributed by atoms with Gasteiger partial charge in [0.25, 0.3) is 0 Å². The summed E-state index contributed by atoms with van der Waals surface area (Å²) >= 11 is 0.